The maximum Gasteiger partial charge on any atom is 0.573 e. The van der Waals surface area contributed by atoms with Gasteiger partial charge in [0.25, 0.3) is 5.91 Å². The summed E-state index contributed by atoms with van der Waals surface area (Å²) in [7, 11) is 0. The van der Waals surface area contributed by atoms with Crippen molar-refractivity contribution in [2.45, 2.75) is 18.8 Å². The molecule has 0 aliphatic carbocycles. The third-order valence-electron chi connectivity index (χ3n) is 6.29. The normalized spacial score (nSPS) is 12.1. The number of ether oxygens (including phenoxy) is 2. The molecule has 0 fully saturated rings. The van der Waals surface area contributed by atoms with Crippen molar-refractivity contribution in [1.29, 1.82) is 0 Å². The van der Waals surface area contributed by atoms with Crippen LogP contribution < -0.4 is 20.1 Å². The van der Waals surface area contributed by atoms with E-state index in [1.165, 1.54) is 36.4 Å². The third-order valence-corrected chi connectivity index (χ3v) is 6.29. The van der Waals surface area contributed by atoms with E-state index in [0.29, 0.717) is 16.6 Å². The van der Waals surface area contributed by atoms with Gasteiger partial charge in [-0.3, -0.25) is 9.59 Å². The number of rotatable bonds is 10. The van der Waals surface area contributed by atoms with Crippen LogP contribution in [0.25, 0.3) is 21.9 Å². The van der Waals surface area contributed by atoms with Gasteiger partial charge < -0.3 is 29.6 Å². The SMILES string of the molecule is O=C(O)CCNC(=O)c1cccc(NC(C(=O)Oc2ccc3oc4ccccc4c3c2)c2cccc(OC(F)(F)F)c2)c1. The molecule has 12 heteroatoms. The van der Waals surface area contributed by atoms with Gasteiger partial charge in [-0.05, 0) is 60.2 Å². The number of halogens is 3. The Bertz CT molecular complexity index is 1820. The molecule has 5 aromatic rings. The number of hydrogen-bond acceptors (Lipinski definition) is 7. The maximum absolute atomic E-state index is 13.6. The maximum atomic E-state index is 13.6. The van der Waals surface area contributed by atoms with Crippen molar-refractivity contribution in [3.63, 3.8) is 0 Å². The van der Waals surface area contributed by atoms with E-state index in [-0.39, 0.29) is 35.5 Å². The summed E-state index contributed by atoms with van der Waals surface area (Å²) < 4.78 is 54.3. The van der Waals surface area contributed by atoms with Crippen LogP contribution in [0.2, 0.25) is 0 Å². The minimum atomic E-state index is -4.95. The van der Waals surface area contributed by atoms with Gasteiger partial charge in [0.2, 0.25) is 0 Å². The number of carbonyl (C=O) groups is 3. The average molecular weight is 593 g/mol. The van der Waals surface area contributed by atoms with E-state index in [0.717, 1.165) is 17.5 Å². The lowest BCUT2D eigenvalue weighted by atomic mass is 10.1. The van der Waals surface area contributed by atoms with E-state index >= 15 is 0 Å². The molecule has 9 nitrogen and oxygen atoms in total. The first-order chi connectivity index (χ1) is 20.6. The second-order valence-corrected chi connectivity index (χ2v) is 9.36. The molecule has 0 spiro atoms. The van der Waals surface area contributed by atoms with Crippen LogP contribution in [0.15, 0.2) is 95.4 Å². The fraction of sp³-hybridized carbons (Fsp3) is 0.129. The van der Waals surface area contributed by atoms with Gasteiger partial charge in [-0.1, -0.05) is 36.4 Å². The lowest BCUT2D eigenvalue weighted by molar-refractivity contribution is -0.274. The van der Waals surface area contributed by atoms with E-state index in [2.05, 4.69) is 15.4 Å². The van der Waals surface area contributed by atoms with Crippen molar-refractivity contribution >= 4 is 45.5 Å². The number of carboxylic acid groups (broad SMARTS) is 1. The molecule has 1 atom stereocenters. The molecule has 0 aliphatic rings. The molecule has 0 bridgehead atoms. The molecule has 0 saturated heterocycles. The Labute approximate surface area is 241 Å². The molecule has 5 rings (SSSR count). The van der Waals surface area contributed by atoms with E-state index < -0.39 is 36.0 Å². The summed E-state index contributed by atoms with van der Waals surface area (Å²) >= 11 is 0. The number of amides is 1. The largest absolute Gasteiger partial charge is 0.573 e. The van der Waals surface area contributed by atoms with Crippen LogP contribution in [0.5, 0.6) is 11.5 Å². The highest BCUT2D eigenvalue weighted by atomic mass is 19.4. The van der Waals surface area contributed by atoms with Crippen molar-refractivity contribution < 1.29 is 46.6 Å². The third kappa shape index (κ3) is 7.22. The topological polar surface area (TPSA) is 127 Å². The quantitative estimate of drug-likeness (QED) is 0.125. The molecule has 220 valence electrons. The van der Waals surface area contributed by atoms with Crippen LogP contribution >= 0.6 is 0 Å². The lowest BCUT2D eigenvalue weighted by Gasteiger charge is -2.20. The van der Waals surface area contributed by atoms with Crippen LogP contribution in [0, 0.1) is 0 Å². The van der Waals surface area contributed by atoms with Crippen molar-refractivity contribution in [1.82, 2.24) is 5.32 Å². The van der Waals surface area contributed by atoms with Gasteiger partial charge in [-0.25, -0.2) is 4.79 Å². The van der Waals surface area contributed by atoms with Crippen LogP contribution in [0.4, 0.5) is 18.9 Å². The predicted molar refractivity (Wildman–Crippen MR) is 150 cm³/mol. The van der Waals surface area contributed by atoms with Crippen LogP contribution in [-0.4, -0.2) is 35.9 Å². The molecule has 0 aliphatic heterocycles. The number of benzene rings is 4. The number of para-hydroxylation sites is 1. The highest BCUT2D eigenvalue weighted by molar-refractivity contribution is 6.05. The summed E-state index contributed by atoms with van der Waals surface area (Å²) in [6.45, 7) is -0.0942. The van der Waals surface area contributed by atoms with Gasteiger partial charge in [-0.15, -0.1) is 13.2 Å². The number of nitrogens with one attached hydrogen (secondary N) is 2. The van der Waals surface area contributed by atoms with Gasteiger partial charge in [0.1, 0.15) is 22.7 Å². The molecular weight excluding hydrogens is 569 g/mol. The highest BCUT2D eigenvalue weighted by Crippen LogP contribution is 2.33. The predicted octanol–water partition coefficient (Wildman–Crippen LogP) is 6.45. The van der Waals surface area contributed by atoms with Crippen molar-refractivity contribution in [3.8, 4) is 11.5 Å². The molecule has 3 N–H and O–H groups in total. The zero-order chi connectivity index (χ0) is 30.6. The fourth-order valence-corrected chi connectivity index (χ4v) is 4.42. The summed E-state index contributed by atoms with van der Waals surface area (Å²) in [5.41, 5.74) is 1.75. The van der Waals surface area contributed by atoms with Crippen LogP contribution in [0.1, 0.15) is 28.4 Å². The number of esters is 1. The molecular formula is C31H23F3N2O7. The molecule has 0 radical (unpaired) electrons. The Morgan fingerprint density at radius 2 is 1.60 bits per heavy atom. The Kier molecular flexibility index (Phi) is 8.19. The second kappa shape index (κ2) is 12.1. The van der Waals surface area contributed by atoms with E-state index in [9.17, 15) is 27.6 Å². The smallest absolute Gasteiger partial charge is 0.481 e. The Hall–Kier alpha value is -5.52. The molecule has 1 amide bonds. The lowest BCUT2D eigenvalue weighted by Crippen LogP contribution is -2.27. The summed E-state index contributed by atoms with van der Waals surface area (Å²) in [5.74, 6) is -2.85. The number of anilines is 1. The summed E-state index contributed by atoms with van der Waals surface area (Å²) in [4.78, 5) is 36.8. The average Bonchev–Trinajstić information content (AvgIpc) is 3.33. The number of carboxylic acids is 1. The Morgan fingerprint density at radius 3 is 2.40 bits per heavy atom. The molecule has 1 unspecified atom stereocenters. The van der Waals surface area contributed by atoms with E-state index in [4.69, 9.17) is 14.3 Å². The Balaban J connectivity index is 1.44. The van der Waals surface area contributed by atoms with Gasteiger partial charge in [0, 0.05) is 28.6 Å². The first-order valence-corrected chi connectivity index (χ1v) is 12.9. The van der Waals surface area contributed by atoms with Crippen molar-refractivity contribution in [3.05, 3.63) is 102 Å². The van der Waals surface area contributed by atoms with Crippen molar-refractivity contribution in [2.75, 3.05) is 11.9 Å². The summed E-state index contributed by atoms with van der Waals surface area (Å²) in [6.07, 6.45) is -5.22. The number of fused-ring (bicyclic) bond motifs is 3. The number of hydrogen-bond donors (Lipinski definition) is 3. The van der Waals surface area contributed by atoms with E-state index in [1.54, 1.807) is 24.3 Å². The van der Waals surface area contributed by atoms with Gasteiger partial charge >= 0.3 is 18.3 Å². The zero-order valence-corrected chi connectivity index (χ0v) is 22.2. The summed E-state index contributed by atoms with van der Waals surface area (Å²) in [6, 6.07) is 21.6. The fourth-order valence-electron chi connectivity index (χ4n) is 4.42. The first-order valence-electron chi connectivity index (χ1n) is 12.9. The Morgan fingerprint density at radius 1 is 0.837 bits per heavy atom. The van der Waals surface area contributed by atoms with E-state index in [1.807, 2.05) is 18.2 Å². The number of furan rings is 1. The molecule has 43 heavy (non-hydrogen) atoms. The standard InChI is InChI=1S/C31H23F3N2O7/c32-31(33,34)43-22-8-4-5-18(16-22)28(36-20-7-3-6-19(15-20)29(39)35-14-13-27(37)38)30(40)41-21-11-12-26-24(17-21)23-9-1-2-10-25(23)42-26/h1-12,15-17,28,36H,13-14H2,(H,35,39)(H,37,38). The molecule has 1 heterocycles. The van der Waals surface area contributed by atoms with Crippen LogP contribution in [-0.2, 0) is 9.59 Å². The second-order valence-electron chi connectivity index (χ2n) is 9.36. The van der Waals surface area contributed by atoms with Crippen LogP contribution in [0.3, 0.4) is 0 Å². The molecule has 1 aromatic heterocycles. The minimum absolute atomic E-state index is 0.0942. The highest BCUT2D eigenvalue weighted by Gasteiger charge is 2.32. The van der Waals surface area contributed by atoms with Gasteiger partial charge in [-0.2, -0.15) is 0 Å². The van der Waals surface area contributed by atoms with Gasteiger partial charge in [0.15, 0.2) is 6.04 Å². The summed E-state index contributed by atoms with van der Waals surface area (Å²) in [5, 5.41) is 15.7. The number of carbonyl (C=O) groups excluding carboxylic acids is 2. The number of alkyl halides is 3. The van der Waals surface area contributed by atoms with Crippen molar-refractivity contribution in [2.24, 2.45) is 0 Å². The number of aliphatic carboxylic acids is 1. The van der Waals surface area contributed by atoms with Gasteiger partial charge in [0.05, 0.1) is 6.42 Å². The zero-order valence-electron chi connectivity index (χ0n) is 22.2. The monoisotopic (exact) mass is 592 g/mol. The first kappa shape index (κ1) is 29.0. The molecule has 4 aromatic carbocycles. The molecule has 0 saturated carbocycles. The minimum Gasteiger partial charge on any atom is -0.481 e.